The number of alkyl halides is 3. The molecule has 1 unspecified atom stereocenters. The van der Waals surface area contributed by atoms with Crippen molar-refractivity contribution >= 4 is 11.5 Å². The Morgan fingerprint density at radius 2 is 1.93 bits per heavy atom. The zero-order valence-corrected chi connectivity index (χ0v) is 16.0. The van der Waals surface area contributed by atoms with Crippen LogP contribution in [0.25, 0.3) is 0 Å². The van der Waals surface area contributed by atoms with Crippen LogP contribution in [0.4, 0.5) is 18.9 Å². The second-order valence-electron chi connectivity index (χ2n) is 7.40. The third kappa shape index (κ3) is 5.06. The minimum atomic E-state index is -4.34. The van der Waals surface area contributed by atoms with Gasteiger partial charge in [-0.2, -0.15) is 13.2 Å². The molecule has 1 aliphatic heterocycles. The van der Waals surface area contributed by atoms with Crippen LogP contribution in [0, 0.1) is 0 Å². The standard InChI is InChI=1S/C22H24F3NO2/c1-15(12-16(2)27)17-6-8-20(9-7-17)28-21-10-11-26(14-21)19-5-3-4-18(13-19)22(23,24)25/h3-9,13,15,21H,10-12,14H2,1-2H3/t15-,21?/m1/s1. The van der Waals surface area contributed by atoms with Gasteiger partial charge >= 0.3 is 6.18 Å². The van der Waals surface area contributed by atoms with Gasteiger partial charge in [0.25, 0.3) is 0 Å². The molecule has 150 valence electrons. The second kappa shape index (κ2) is 8.25. The second-order valence-corrected chi connectivity index (χ2v) is 7.40. The summed E-state index contributed by atoms with van der Waals surface area (Å²) in [5, 5.41) is 0. The quantitative estimate of drug-likeness (QED) is 0.656. The van der Waals surface area contributed by atoms with Crippen molar-refractivity contribution in [3.05, 3.63) is 59.7 Å². The van der Waals surface area contributed by atoms with E-state index in [2.05, 4.69) is 0 Å². The summed E-state index contributed by atoms with van der Waals surface area (Å²) >= 11 is 0. The Hall–Kier alpha value is -2.50. The van der Waals surface area contributed by atoms with Crippen molar-refractivity contribution in [2.24, 2.45) is 0 Å². The van der Waals surface area contributed by atoms with Crippen LogP contribution < -0.4 is 9.64 Å². The van der Waals surface area contributed by atoms with Gasteiger partial charge in [0, 0.05) is 25.1 Å². The number of carbonyl (C=O) groups is 1. The number of anilines is 1. The fourth-order valence-electron chi connectivity index (χ4n) is 3.55. The molecule has 1 heterocycles. The molecular weight excluding hydrogens is 367 g/mol. The average Bonchev–Trinajstić information content (AvgIpc) is 3.10. The number of carbonyl (C=O) groups excluding carboxylic acids is 1. The molecule has 0 aliphatic carbocycles. The molecule has 6 heteroatoms. The largest absolute Gasteiger partial charge is 0.489 e. The van der Waals surface area contributed by atoms with Crippen LogP contribution in [0.3, 0.4) is 0 Å². The fraction of sp³-hybridized carbons (Fsp3) is 0.409. The lowest BCUT2D eigenvalue weighted by Gasteiger charge is -2.20. The van der Waals surface area contributed by atoms with E-state index in [-0.39, 0.29) is 17.8 Å². The van der Waals surface area contributed by atoms with Crippen LogP contribution in [0.5, 0.6) is 5.75 Å². The van der Waals surface area contributed by atoms with Crippen molar-refractivity contribution in [2.75, 3.05) is 18.0 Å². The van der Waals surface area contributed by atoms with Crippen LogP contribution in [-0.4, -0.2) is 25.0 Å². The molecule has 3 rings (SSSR count). The highest BCUT2D eigenvalue weighted by Gasteiger charge is 2.32. The number of benzene rings is 2. The average molecular weight is 391 g/mol. The molecule has 0 radical (unpaired) electrons. The summed E-state index contributed by atoms with van der Waals surface area (Å²) in [6.45, 7) is 4.80. The van der Waals surface area contributed by atoms with Gasteiger partial charge in [-0.05, 0) is 48.7 Å². The number of ether oxygens (including phenoxy) is 1. The van der Waals surface area contributed by atoms with Crippen LogP contribution in [0.15, 0.2) is 48.5 Å². The number of rotatable bonds is 6. The lowest BCUT2D eigenvalue weighted by atomic mass is 9.96. The Morgan fingerprint density at radius 1 is 1.21 bits per heavy atom. The maximum Gasteiger partial charge on any atom is 0.416 e. The lowest BCUT2D eigenvalue weighted by Crippen LogP contribution is -2.24. The zero-order valence-electron chi connectivity index (χ0n) is 16.0. The Balaban J connectivity index is 1.60. The number of nitrogens with zero attached hydrogens (tertiary/aromatic N) is 1. The maximum atomic E-state index is 12.9. The summed E-state index contributed by atoms with van der Waals surface area (Å²) in [6, 6.07) is 13.1. The lowest BCUT2D eigenvalue weighted by molar-refractivity contribution is -0.137. The highest BCUT2D eigenvalue weighted by molar-refractivity contribution is 5.76. The molecule has 28 heavy (non-hydrogen) atoms. The summed E-state index contributed by atoms with van der Waals surface area (Å²) in [4.78, 5) is 13.2. The summed E-state index contributed by atoms with van der Waals surface area (Å²) in [7, 11) is 0. The van der Waals surface area contributed by atoms with Crippen molar-refractivity contribution in [3.8, 4) is 5.75 Å². The van der Waals surface area contributed by atoms with E-state index in [1.807, 2.05) is 36.1 Å². The first-order chi connectivity index (χ1) is 13.2. The molecule has 2 aromatic rings. The SMILES string of the molecule is CC(=O)C[C@@H](C)c1ccc(OC2CCN(c3cccc(C(F)(F)F)c3)C2)cc1. The molecular formula is C22H24F3NO2. The van der Waals surface area contributed by atoms with Crippen LogP contribution >= 0.6 is 0 Å². The van der Waals surface area contributed by atoms with E-state index in [1.54, 1.807) is 13.0 Å². The number of ketones is 1. The van der Waals surface area contributed by atoms with E-state index in [4.69, 9.17) is 4.74 Å². The van der Waals surface area contributed by atoms with E-state index in [0.717, 1.165) is 23.8 Å². The van der Waals surface area contributed by atoms with Gasteiger partial charge in [0.05, 0.1) is 12.1 Å². The molecule has 2 atom stereocenters. The number of halogens is 3. The molecule has 1 fully saturated rings. The Morgan fingerprint density at radius 3 is 2.57 bits per heavy atom. The van der Waals surface area contributed by atoms with E-state index < -0.39 is 11.7 Å². The van der Waals surface area contributed by atoms with Gasteiger partial charge in [-0.3, -0.25) is 0 Å². The molecule has 0 saturated carbocycles. The molecule has 0 aromatic heterocycles. The van der Waals surface area contributed by atoms with E-state index in [1.165, 1.54) is 12.1 Å². The predicted molar refractivity (Wildman–Crippen MR) is 103 cm³/mol. The van der Waals surface area contributed by atoms with E-state index in [9.17, 15) is 18.0 Å². The van der Waals surface area contributed by atoms with E-state index in [0.29, 0.717) is 25.2 Å². The van der Waals surface area contributed by atoms with Crippen molar-refractivity contribution in [2.45, 2.75) is 44.9 Å². The van der Waals surface area contributed by atoms with E-state index >= 15 is 0 Å². The summed E-state index contributed by atoms with van der Waals surface area (Å²) < 4.78 is 44.8. The van der Waals surface area contributed by atoms with Crippen LogP contribution in [-0.2, 0) is 11.0 Å². The van der Waals surface area contributed by atoms with Crippen LogP contribution in [0.2, 0.25) is 0 Å². The molecule has 0 N–H and O–H groups in total. The molecule has 2 aromatic carbocycles. The molecule has 1 saturated heterocycles. The molecule has 1 aliphatic rings. The monoisotopic (exact) mass is 391 g/mol. The highest BCUT2D eigenvalue weighted by atomic mass is 19.4. The van der Waals surface area contributed by atoms with Gasteiger partial charge in [-0.25, -0.2) is 0 Å². The summed E-state index contributed by atoms with van der Waals surface area (Å²) in [5.41, 5.74) is 1.01. The number of hydrogen-bond acceptors (Lipinski definition) is 3. The molecule has 0 amide bonds. The summed E-state index contributed by atoms with van der Waals surface area (Å²) in [5.74, 6) is 1.05. The first-order valence-electron chi connectivity index (χ1n) is 9.40. The Kier molecular flexibility index (Phi) is 5.96. The smallest absolute Gasteiger partial charge is 0.416 e. The van der Waals surface area contributed by atoms with Gasteiger partial charge in [0.1, 0.15) is 17.6 Å². The van der Waals surface area contributed by atoms with Crippen LogP contribution in [0.1, 0.15) is 43.7 Å². The minimum absolute atomic E-state index is 0.0740. The van der Waals surface area contributed by atoms with Crippen molar-refractivity contribution in [1.82, 2.24) is 0 Å². The summed E-state index contributed by atoms with van der Waals surface area (Å²) in [6.07, 6.45) is -3.16. The normalized spacial score (nSPS) is 18.2. The van der Waals surface area contributed by atoms with Gasteiger partial charge in [-0.1, -0.05) is 25.1 Å². The zero-order chi connectivity index (χ0) is 20.3. The molecule has 0 spiro atoms. The number of hydrogen-bond donors (Lipinski definition) is 0. The Labute approximate surface area is 163 Å². The third-order valence-electron chi connectivity index (χ3n) is 5.03. The Bertz CT molecular complexity index is 817. The fourth-order valence-corrected chi connectivity index (χ4v) is 3.55. The van der Waals surface area contributed by atoms with Crippen molar-refractivity contribution in [3.63, 3.8) is 0 Å². The van der Waals surface area contributed by atoms with Gasteiger partial charge < -0.3 is 14.4 Å². The number of Topliss-reactive ketones (excluding diaryl/α,β-unsaturated/α-hetero) is 1. The minimum Gasteiger partial charge on any atom is -0.489 e. The van der Waals surface area contributed by atoms with Gasteiger partial charge in [-0.15, -0.1) is 0 Å². The first kappa shape index (κ1) is 20.2. The van der Waals surface area contributed by atoms with Crippen molar-refractivity contribution < 1.29 is 22.7 Å². The van der Waals surface area contributed by atoms with Crippen molar-refractivity contribution in [1.29, 1.82) is 0 Å². The highest BCUT2D eigenvalue weighted by Crippen LogP contribution is 2.33. The maximum absolute atomic E-state index is 12.9. The third-order valence-corrected chi connectivity index (χ3v) is 5.03. The molecule has 0 bridgehead atoms. The van der Waals surface area contributed by atoms with Gasteiger partial charge in [0.2, 0.25) is 0 Å². The van der Waals surface area contributed by atoms with Gasteiger partial charge in [0.15, 0.2) is 0 Å². The topological polar surface area (TPSA) is 29.5 Å². The molecule has 3 nitrogen and oxygen atoms in total. The first-order valence-corrected chi connectivity index (χ1v) is 9.40. The predicted octanol–water partition coefficient (Wildman–Crippen LogP) is 5.45.